The molecule has 2 aromatic rings. The van der Waals surface area contributed by atoms with Gasteiger partial charge >= 0.3 is 0 Å². The topological polar surface area (TPSA) is 63.8 Å². The summed E-state index contributed by atoms with van der Waals surface area (Å²) in [5, 5.41) is 2.99. The predicted molar refractivity (Wildman–Crippen MR) is 68.4 cm³/mol. The lowest BCUT2D eigenvalue weighted by atomic mass is 9.92. The molecule has 0 atom stereocenters. The van der Waals surface area contributed by atoms with Crippen molar-refractivity contribution in [1.29, 1.82) is 0 Å². The minimum atomic E-state index is 0.177. The highest BCUT2D eigenvalue weighted by Gasteiger charge is 2.15. The smallest absolute Gasteiger partial charge is 0.152 e. The van der Waals surface area contributed by atoms with E-state index in [2.05, 4.69) is 36.2 Å². The van der Waals surface area contributed by atoms with Crippen molar-refractivity contribution in [1.82, 2.24) is 9.97 Å². The Morgan fingerprint density at radius 3 is 2.75 bits per heavy atom. The van der Waals surface area contributed by atoms with Crippen LogP contribution in [0.5, 0.6) is 0 Å². The maximum absolute atomic E-state index is 5.47. The van der Waals surface area contributed by atoms with Crippen molar-refractivity contribution in [2.45, 2.75) is 27.2 Å². The number of hydrogen-bond acceptors (Lipinski definition) is 5. The van der Waals surface area contributed by atoms with Gasteiger partial charge in [0.25, 0.3) is 0 Å². The van der Waals surface area contributed by atoms with Crippen LogP contribution in [0.25, 0.3) is 10.2 Å². The van der Waals surface area contributed by atoms with E-state index < -0.39 is 0 Å². The SMILES string of the molecule is CC(C)(C)Cc1nc(NN)c2ccsc2n1. The molecule has 2 heterocycles. The Hall–Kier alpha value is -1.20. The number of rotatable bonds is 2. The van der Waals surface area contributed by atoms with Crippen LogP contribution in [0.4, 0.5) is 5.82 Å². The van der Waals surface area contributed by atoms with E-state index in [-0.39, 0.29) is 5.41 Å². The van der Waals surface area contributed by atoms with E-state index in [9.17, 15) is 0 Å². The molecule has 0 amide bonds. The third kappa shape index (κ3) is 2.31. The standard InChI is InChI=1S/C11H16N4S/c1-11(2,3)6-8-13-9(15-12)7-4-5-16-10(7)14-8/h4-5H,6,12H2,1-3H3,(H,13,14,15). The molecule has 0 spiro atoms. The summed E-state index contributed by atoms with van der Waals surface area (Å²) >= 11 is 1.61. The first kappa shape index (κ1) is 11.3. The lowest BCUT2D eigenvalue weighted by molar-refractivity contribution is 0.401. The Bertz CT molecular complexity index is 498. The average molecular weight is 236 g/mol. The molecule has 2 aromatic heterocycles. The van der Waals surface area contributed by atoms with Gasteiger partial charge in [-0.2, -0.15) is 0 Å². The first-order valence-corrected chi connectivity index (χ1v) is 6.08. The van der Waals surface area contributed by atoms with Crippen molar-refractivity contribution in [3.8, 4) is 0 Å². The molecular weight excluding hydrogens is 220 g/mol. The lowest BCUT2D eigenvalue weighted by Crippen LogP contribution is -2.15. The molecule has 0 aromatic carbocycles. The summed E-state index contributed by atoms with van der Waals surface area (Å²) in [6, 6.07) is 1.98. The average Bonchev–Trinajstić information content (AvgIpc) is 2.61. The third-order valence-corrected chi connectivity index (χ3v) is 3.00. The number of hydrogen-bond donors (Lipinski definition) is 2. The molecule has 16 heavy (non-hydrogen) atoms. The van der Waals surface area contributed by atoms with Gasteiger partial charge in [0, 0.05) is 6.42 Å². The number of nitrogens with zero attached hydrogens (tertiary/aromatic N) is 2. The van der Waals surface area contributed by atoms with Gasteiger partial charge in [-0.1, -0.05) is 20.8 Å². The zero-order valence-corrected chi connectivity index (χ0v) is 10.6. The van der Waals surface area contributed by atoms with Crippen molar-refractivity contribution < 1.29 is 0 Å². The molecular formula is C11H16N4S. The summed E-state index contributed by atoms with van der Waals surface area (Å²) in [5.74, 6) is 7.03. The minimum absolute atomic E-state index is 0.177. The summed E-state index contributed by atoms with van der Waals surface area (Å²) in [7, 11) is 0. The Balaban J connectivity index is 2.47. The van der Waals surface area contributed by atoms with E-state index >= 15 is 0 Å². The van der Waals surface area contributed by atoms with Gasteiger partial charge in [0.15, 0.2) is 5.82 Å². The maximum atomic E-state index is 5.47. The van der Waals surface area contributed by atoms with E-state index in [1.807, 2.05) is 11.4 Å². The van der Waals surface area contributed by atoms with Gasteiger partial charge in [-0.05, 0) is 16.9 Å². The third-order valence-electron chi connectivity index (χ3n) is 2.20. The number of hydrazine groups is 1. The molecule has 2 rings (SSSR count). The number of thiophene rings is 1. The first-order chi connectivity index (χ1) is 7.49. The molecule has 0 aliphatic heterocycles. The summed E-state index contributed by atoms with van der Waals surface area (Å²) in [6.45, 7) is 6.51. The second-order valence-corrected chi connectivity index (χ2v) is 5.90. The summed E-state index contributed by atoms with van der Waals surface area (Å²) in [4.78, 5) is 9.97. The molecule has 0 fully saturated rings. The van der Waals surface area contributed by atoms with Gasteiger partial charge in [-0.3, -0.25) is 0 Å². The first-order valence-electron chi connectivity index (χ1n) is 5.20. The highest BCUT2D eigenvalue weighted by molar-refractivity contribution is 7.16. The van der Waals surface area contributed by atoms with Gasteiger partial charge in [0.05, 0.1) is 5.39 Å². The van der Waals surface area contributed by atoms with Crippen LogP contribution in [-0.2, 0) is 6.42 Å². The lowest BCUT2D eigenvalue weighted by Gasteiger charge is -2.17. The van der Waals surface area contributed by atoms with Crippen LogP contribution in [0.2, 0.25) is 0 Å². The second kappa shape index (κ2) is 3.99. The molecule has 4 nitrogen and oxygen atoms in total. The van der Waals surface area contributed by atoms with Crippen LogP contribution in [0.1, 0.15) is 26.6 Å². The Morgan fingerprint density at radius 2 is 2.12 bits per heavy atom. The fourth-order valence-electron chi connectivity index (χ4n) is 1.56. The molecule has 0 unspecified atom stereocenters. The second-order valence-electron chi connectivity index (χ2n) is 5.01. The molecule has 0 radical (unpaired) electrons. The van der Waals surface area contributed by atoms with Crippen LogP contribution in [0.3, 0.4) is 0 Å². The molecule has 0 aliphatic rings. The van der Waals surface area contributed by atoms with Gasteiger partial charge < -0.3 is 5.43 Å². The Kier molecular flexibility index (Phi) is 2.82. The summed E-state index contributed by atoms with van der Waals surface area (Å²) in [6.07, 6.45) is 0.843. The van der Waals surface area contributed by atoms with Crippen molar-refractivity contribution in [3.63, 3.8) is 0 Å². The van der Waals surface area contributed by atoms with Crippen molar-refractivity contribution in [2.75, 3.05) is 5.43 Å². The minimum Gasteiger partial charge on any atom is -0.308 e. The van der Waals surface area contributed by atoms with E-state index in [0.717, 1.165) is 22.5 Å². The molecule has 3 N–H and O–H groups in total. The number of nitrogens with one attached hydrogen (secondary N) is 1. The molecule has 5 heteroatoms. The number of anilines is 1. The zero-order chi connectivity index (χ0) is 11.8. The molecule has 0 bridgehead atoms. The van der Waals surface area contributed by atoms with Crippen molar-refractivity contribution in [2.24, 2.45) is 11.3 Å². The normalized spacial score (nSPS) is 12.0. The van der Waals surface area contributed by atoms with Crippen LogP contribution in [0, 0.1) is 5.41 Å². The van der Waals surface area contributed by atoms with E-state index in [1.165, 1.54) is 0 Å². The monoisotopic (exact) mass is 236 g/mol. The van der Waals surface area contributed by atoms with Crippen molar-refractivity contribution >= 4 is 27.4 Å². The number of nitrogens with two attached hydrogens (primary N) is 1. The quantitative estimate of drug-likeness (QED) is 0.621. The largest absolute Gasteiger partial charge is 0.308 e. The number of nitrogen functional groups attached to an aromatic ring is 1. The van der Waals surface area contributed by atoms with Crippen LogP contribution >= 0.6 is 11.3 Å². The van der Waals surface area contributed by atoms with Crippen molar-refractivity contribution in [3.05, 3.63) is 17.3 Å². The number of fused-ring (bicyclic) bond motifs is 1. The molecule has 86 valence electrons. The fourth-order valence-corrected chi connectivity index (χ4v) is 2.35. The predicted octanol–water partition coefficient (Wildman–Crippen LogP) is 2.57. The Morgan fingerprint density at radius 1 is 1.38 bits per heavy atom. The van der Waals surface area contributed by atoms with Gasteiger partial charge in [-0.25, -0.2) is 15.8 Å². The van der Waals surface area contributed by atoms with Gasteiger partial charge in [-0.15, -0.1) is 11.3 Å². The van der Waals surface area contributed by atoms with Gasteiger partial charge in [0.1, 0.15) is 10.7 Å². The molecule has 0 aliphatic carbocycles. The number of aromatic nitrogens is 2. The Labute approximate surface area is 98.9 Å². The van der Waals surface area contributed by atoms with Gasteiger partial charge in [0.2, 0.25) is 0 Å². The van der Waals surface area contributed by atoms with Crippen LogP contribution in [-0.4, -0.2) is 9.97 Å². The highest BCUT2D eigenvalue weighted by atomic mass is 32.1. The summed E-state index contributed by atoms with van der Waals surface area (Å²) in [5.41, 5.74) is 2.82. The summed E-state index contributed by atoms with van der Waals surface area (Å²) < 4.78 is 0. The maximum Gasteiger partial charge on any atom is 0.152 e. The van der Waals surface area contributed by atoms with Crippen LogP contribution < -0.4 is 11.3 Å². The highest BCUT2D eigenvalue weighted by Crippen LogP contribution is 2.26. The molecule has 0 saturated carbocycles. The van der Waals surface area contributed by atoms with E-state index in [0.29, 0.717) is 5.82 Å². The van der Waals surface area contributed by atoms with Crippen LogP contribution in [0.15, 0.2) is 11.4 Å². The fraction of sp³-hybridized carbons (Fsp3) is 0.455. The molecule has 0 saturated heterocycles. The van der Waals surface area contributed by atoms with E-state index in [4.69, 9.17) is 5.84 Å². The zero-order valence-electron chi connectivity index (χ0n) is 9.74. The van der Waals surface area contributed by atoms with E-state index in [1.54, 1.807) is 11.3 Å².